The summed E-state index contributed by atoms with van der Waals surface area (Å²) in [5.74, 6) is -0.173. The van der Waals surface area contributed by atoms with Crippen LogP contribution in [0.1, 0.15) is 18.9 Å². The van der Waals surface area contributed by atoms with Crippen LogP contribution in [-0.2, 0) is 21.4 Å². The molecular formula is C17H19N3O3S. The maximum absolute atomic E-state index is 12.7. The van der Waals surface area contributed by atoms with E-state index in [0.29, 0.717) is 17.9 Å². The third-order valence-corrected chi connectivity index (χ3v) is 5.26. The van der Waals surface area contributed by atoms with Crippen LogP contribution in [0.4, 0.5) is 17.1 Å². The number of nitrogens with zero attached hydrogens (tertiary/aromatic N) is 1. The summed E-state index contributed by atoms with van der Waals surface area (Å²) >= 11 is 0. The van der Waals surface area contributed by atoms with Crippen molar-refractivity contribution in [3.63, 3.8) is 0 Å². The van der Waals surface area contributed by atoms with E-state index >= 15 is 0 Å². The number of fused-ring (bicyclic) bond motifs is 1. The van der Waals surface area contributed by atoms with Crippen molar-refractivity contribution < 1.29 is 13.2 Å². The number of hydrogen-bond acceptors (Lipinski definition) is 3. The fourth-order valence-corrected chi connectivity index (χ4v) is 4.13. The Bertz CT molecular complexity index is 848. The first-order chi connectivity index (χ1) is 11.5. The molecule has 2 aromatic carbocycles. The Balaban J connectivity index is 1.81. The lowest BCUT2D eigenvalue weighted by Gasteiger charge is -2.30. The average molecular weight is 345 g/mol. The van der Waals surface area contributed by atoms with Crippen LogP contribution in [0.15, 0.2) is 48.5 Å². The lowest BCUT2D eigenvalue weighted by molar-refractivity contribution is -0.114. The minimum Gasteiger partial charge on any atom is -0.326 e. The molecule has 0 unspecified atom stereocenters. The number of carbonyl (C=O) groups is 1. The summed E-state index contributed by atoms with van der Waals surface area (Å²) in [5, 5.41) is 2.64. The van der Waals surface area contributed by atoms with Gasteiger partial charge in [-0.05, 0) is 48.7 Å². The molecular weight excluding hydrogens is 326 g/mol. The number of anilines is 3. The first-order valence-corrected chi connectivity index (χ1v) is 9.16. The number of amides is 1. The van der Waals surface area contributed by atoms with Gasteiger partial charge in [0.25, 0.3) is 0 Å². The zero-order valence-electron chi connectivity index (χ0n) is 13.3. The van der Waals surface area contributed by atoms with Crippen molar-refractivity contribution in [2.45, 2.75) is 19.8 Å². The van der Waals surface area contributed by atoms with Crippen LogP contribution in [0.2, 0.25) is 0 Å². The molecule has 0 fully saturated rings. The van der Waals surface area contributed by atoms with Crippen molar-refractivity contribution in [2.24, 2.45) is 0 Å². The summed E-state index contributed by atoms with van der Waals surface area (Å²) in [6.45, 7) is 1.88. The normalized spacial score (nSPS) is 14.0. The molecule has 3 rings (SSSR count). The molecule has 2 N–H and O–H groups in total. The Morgan fingerprint density at radius 2 is 1.71 bits per heavy atom. The Morgan fingerprint density at radius 1 is 1.04 bits per heavy atom. The number of nitrogens with one attached hydrogen (secondary N) is 2. The van der Waals surface area contributed by atoms with Gasteiger partial charge in [-0.2, -0.15) is 8.42 Å². The molecule has 0 spiro atoms. The molecule has 1 amide bonds. The van der Waals surface area contributed by atoms with Crippen LogP contribution in [0, 0.1) is 0 Å². The molecule has 6 nitrogen and oxygen atoms in total. The van der Waals surface area contributed by atoms with E-state index in [1.807, 2.05) is 24.3 Å². The van der Waals surface area contributed by atoms with Crippen LogP contribution in [0.5, 0.6) is 0 Å². The maximum atomic E-state index is 12.7. The Hall–Kier alpha value is -2.54. The quantitative estimate of drug-likeness (QED) is 0.894. The fourth-order valence-electron chi connectivity index (χ4n) is 2.78. The van der Waals surface area contributed by atoms with Gasteiger partial charge in [0, 0.05) is 19.2 Å². The molecule has 126 valence electrons. The van der Waals surface area contributed by atoms with Gasteiger partial charge in [-0.25, -0.2) is 0 Å². The van der Waals surface area contributed by atoms with E-state index in [0.717, 1.165) is 24.1 Å². The zero-order valence-corrected chi connectivity index (χ0v) is 14.1. The van der Waals surface area contributed by atoms with Gasteiger partial charge in [0.05, 0.1) is 11.4 Å². The van der Waals surface area contributed by atoms with Crippen molar-refractivity contribution in [3.05, 3.63) is 54.1 Å². The molecule has 0 saturated heterocycles. The van der Waals surface area contributed by atoms with E-state index in [2.05, 4.69) is 10.0 Å². The lowest BCUT2D eigenvalue weighted by Crippen LogP contribution is -2.39. The third kappa shape index (κ3) is 3.51. The highest BCUT2D eigenvalue weighted by atomic mass is 32.2. The second kappa shape index (κ2) is 6.52. The number of rotatable bonds is 4. The predicted octanol–water partition coefficient (Wildman–Crippen LogP) is 2.75. The predicted molar refractivity (Wildman–Crippen MR) is 95.4 cm³/mol. The third-order valence-electron chi connectivity index (χ3n) is 3.81. The number of benzene rings is 2. The van der Waals surface area contributed by atoms with Gasteiger partial charge in [0.1, 0.15) is 0 Å². The highest BCUT2D eigenvalue weighted by Crippen LogP contribution is 2.29. The van der Waals surface area contributed by atoms with Crippen molar-refractivity contribution in [3.8, 4) is 0 Å². The molecule has 0 saturated carbocycles. The van der Waals surface area contributed by atoms with Gasteiger partial charge < -0.3 is 5.32 Å². The Kier molecular flexibility index (Phi) is 4.44. The largest absolute Gasteiger partial charge is 0.326 e. The molecule has 0 atom stereocenters. The van der Waals surface area contributed by atoms with Gasteiger partial charge in [-0.15, -0.1) is 0 Å². The van der Waals surface area contributed by atoms with E-state index in [9.17, 15) is 13.2 Å². The van der Waals surface area contributed by atoms with Crippen LogP contribution < -0.4 is 14.3 Å². The summed E-state index contributed by atoms with van der Waals surface area (Å²) in [6, 6.07) is 14.1. The molecule has 0 radical (unpaired) electrons. The summed E-state index contributed by atoms with van der Waals surface area (Å²) in [5.41, 5.74) is 2.84. The van der Waals surface area contributed by atoms with Crippen LogP contribution in [-0.4, -0.2) is 20.9 Å². The number of hydrogen-bond donors (Lipinski definition) is 2. The second-order valence-corrected chi connectivity index (χ2v) is 7.27. The number of carbonyl (C=O) groups excluding carboxylic acids is 1. The second-order valence-electron chi connectivity index (χ2n) is 5.67. The van der Waals surface area contributed by atoms with E-state index in [1.165, 1.54) is 11.2 Å². The van der Waals surface area contributed by atoms with Crippen LogP contribution in [0.3, 0.4) is 0 Å². The fraction of sp³-hybridized carbons (Fsp3) is 0.235. The first kappa shape index (κ1) is 16.3. The summed E-state index contributed by atoms with van der Waals surface area (Å²) in [4.78, 5) is 11.0. The standard InChI is InChI=1S/C17H19N3O3S/c1-13(21)18-15-8-10-16(11-9-15)19-24(22,23)20-12-4-6-14-5-2-3-7-17(14)20/h2-3,5,7-11,19H,4,6,12H2,1H3,(H,18,21). The molecule has 2 aromatic rings. The van der Waals surface area contributed by atoms with Gasteiger partial charge in [0.15, 0.2) is 0 Å². The molecule has 7 heteroatoms. The SMILES string of the molecule is CC(=O)Nc1ccc(NS(=O)(=O)N2CCCc3ccccc32)cc1. The first-order valence-electron chi connectivity index (χ1n) is 7.72. The van der Waals surface area contributed by atoms with Crippen molar-refractivity contribution in [1.82, 2.24) is 0 Å². The molecule has 1 aliphatic rings. The van der Waals surface area contributed by atoms with Crippen molar-refractivity contribution >= 4 is 33.2 Å². The molecule has 0 aliphatic carbocycles. The highest BCUT2D eigenvalue weighted by Gasteiger charge is 2.27. The van der Waals surface area contributed by atoms with E-state index in [-0.39, 0.29) is 5.91 Å². The average Bonchev–Trinajstić information content (AvgIpc) is 2.55. The van der Waals surface area contributed by atoms with Crippen molar-refractivity contribution in [2.75, 3.05) is 20.9 Å². The van der Waals surface area contributed by atoms with Crippen LogP contribution >= 0.6 is 0 Å². The Morgan fingerprint density at radius 3 is 2.42 bits per heavy atom. The van der Waals surface area contributed by atoms with Gasteiger partial charge >= 0.3 is 10.2 Å². The van der Waals surface area contributed by atoms with Gasteiger partial charge in [0.2, 0.25) is 5.91 Å². The number of para-hydroxylation sites is 1. The molecule has 24 heavy (non-hydrogen) atoms. The molecule has 0 aromatic heterocycles. The van der Waals surface area contributed by atoms with Gasteiger partial charge in [-0.1, -0.05) is 18.2 Å². The minimum atomic E-state index is -3.69. The maximum Gasteiger partial charge on any atom is 0.323 e. The molecule has 1 heterocycles. The lowest BCUT2D eigenvalue weighted by atomic mass is 10.0. The molecule has 1 aliphatic heterocycles. The van der Waals surface area contributed by atoms with E-state index < -0.39 is 10.2 Å². The minimum absolute atomic E-state index is 0.173. The molecule has 0 bridgehead atoms. The monoisotopic (exact) mass is 345 g/mol. The number of aryl methyl sites for hydroxylation is 1. The summed E-state index contributed by atoms with van der Waals surface area (Å²) in [7, 11) is -3.69. The highest BCUT2D eigenvalue weighted by molar-refractivity contribution is 7.94. The topological polar surface area (TPSA) is 78.5 Å². The van der Waals surface area contributed by atoms with E-state index in [4.69, 9.17) is 0 Å². The smallest absolute Gasteiger partial charge is 0.323 e. The zero-order chi connectivity index (χ0) is 17.2. The summed E-state index contributed by atoms with van der Waals surface area (Å²) in [6.07, 6.45) is 1.67. The van der Waals surface area contributed by atoms with E-state index in [1.54, 1.807) is 24.3 Å². The Labute approximate surface area is 141 Å². The van der Waals surface area contributed by atoms with Crippen molar-refractivity contribution in [1.29, 1.82) is 0 Å². The van der Waals surface area contributed by atoms with Gasteiger partial charge in [-0.3, -0.25) is 13.8 Å². The van der Waals surface area contributed by atoms with Crippen LogP contribution in [0.25, 0.3) is 0 Å². The summed E-state index contributed by atoms with van der Waals surface area (Å²) < 4.78 is 29.5.